The molecule has 0 aliphatic rings. The number of fused-ring (bicyclic) bond motifs is 1. The van der Waals surface area contributed by atoms with Crippen molar-refractivity contribution in [1.29, 1.82) is 0 Å². The third-order valence-electron chi connectivity index (χ3n) is 3.46. The number of nitrogens with two attached hydrogens (primary N) is 1. The van der Waals surface area contributed by atoms with Gasteiger partial charge in [0, 0.05) is 30.4 Å². The maximum absolute atomic E-state index is 14.2. The number of nitrogen functional groups attached to an aromatic ring is 1. The first-order chi connectivity index (χ1) is 8.56. The molecule has 1 aromatic heterocycles. The van der Waals surface area contributed by atoms with Gasteiger partial charge in [-0.25, -0.2) is 4.39 Å². The summed E-state index contributed by atoms with van der Waals surface area (Å²) in [6.45, 7) is 4.14. The van der Waals surface area contributed by atoms with Crippen molar-refractivity contribution in [3.05, 3.63) is 30.2 Å². The molecule has 0 saturated carbocycles. The molecule has 0 saturated heterocycles. The molecule has 0 bridgehead atoms. The van der Waals surface area contributed by atoms with E-state index in [0.29, 0.717) is 16.9 Å². The summed E-state index contributed by atoms with van der Waals surface area (Å²) < 4.78 is 14.2. The fourth-order valence-electron chi connectivity index (χ4n) is 2.05. The third-order valence-corrected chi connectivity index (χ3v) is 3.46. The number of nitrogens with zero attached hydrogens (tertiary/aromatic N) is 2. The van der Waals surface area contributed by atoms with Crippen molar-refractivity contribution in [2.24, 2.45) is 0 Å². The number of halogens is 1. The van der Waals surface area contributed by atoms with Crippen LogP contribution in [0.5, 0.6) is 0 Å². The van der Waals surface area contributed by atoms with Gasteiger partial charge in [0.25, 0.3) is 0 Å². The average Bonchev–Trinajstić information content (AvgIpc) is 2.37. The van der Waals surface area contributed by atoms with Crippen molar-refractivity contribution < 1.29 is 4.39 Å². The molecule has 0 amide bonds. The number of aromatic nitrogens is 1. The van der Waals surface area contributed by atoms with Crippen LogP contribution in [0, 0.1) is 5.82 Å². The molecule has 3 nitrogen and oxygen atoms in total. The van der Waals surface area contributed by atoms with E-state index in [4.69, 9.17) is 5.73 Å². The van der Waals surface area contributed by atoms with Crippen LogP contribution < -0.4 is 10.6 Å². The first kappa shape index (κ1) is 12.6. The number of pyridine rings is 1. The molecular weight excluding hydrogens is 229 g/mol. The number of rotatable bonds is 3. The Morgan fingerprint density at radius 3 is 2.89 bits per heavy atom. The Labute approximate surface area is 106 Å². The van der Waals surface area contributed by atoms with E-state index in [9.17, 15) is 4.39 Å². The molecule has 2 rings (SSSR count). The summed E-state index contributed by atoms with van der Waals surface area (Å²) in [5.74, 6) is -0.318. The second kappa shape index (κ2) is 4.80. The summed E-state index contributed by atoms with van der Waals surface area (Å²) in [4.78, 5) is 6.20. The van der Waals surface area contributed by atoms with E-state index in [0.717, 1.165) is 11.8 Å². The molecule has 2 aromatic rings. The average molecular weight is 247 g/mol. The standard InChI is InChI=1S/C14H18FN3/c1-4-9(2)18(3)14-11(15)8-12(16)10-6-5-7-17-13(10)14/h5-9H,4,16H2,1-3H3. The Kier molecular flexibility index (Phi) is 3.36. The predicted molar refractivity (Wildman–Crippen MR) is 74.3 cm³/mol. The highest BCUT2D eigenvalue weighted by Gasteiger charge is 2.18. The van der Waals surface area contributed by atoms with E-state index in [1.807, 2.05) is 24.1 Å². The fourth-order valence-corrected chi connectivity index (χ4v) is 2.05. The van der Waals surface area contributed by atoms with Gasteiger partial charge in [-0.3, -0.25) is 4.98 Å². The van der Waals surface area contributed by atoms with Gasteiger partial charge in [-0.2, -0.15) is 0 Å². The molecule has 0 spiro atoms. The first-order valence-electron chi connectivity index (χ1n) is 6.11. The van der Waals surface area contributed by atoms with Crippen molar-refractivity contribution in [1.82, 2.24) is 4.98 Å². The minimum Gasteiger partial charge on any atom is -0.398 e. The van der Waals surface area contributed by atoms with Crippen molar-refractivity contribution >= 4 is 22.3 Å². The molecule has 0 aliphatic heterocycles. The van der Waals surface area contributed by atoms with E-state index in [1.54, 1.807) is 6.20 Å². The quantitative estimate of drug-likeness (QED) is 0.847. The minimum absolute atomic E-state index is 0.244. The van der Waals surface area contributed by atoms with Crippen LogP contribution in [0.4, 0.5) is 15.8 Å². The van der Waals surface area contributed by atoms with Crippen LogP contribution in [0.25, 0.3) is 10.9 Å². The Morgan fingerprint density at radius 1 is 1.50 bits per heavy atom. The zero-order valence-corrected chi connectivity index (χ0v) is 10.9. The summed E-state index contributed by atoms with van der Waals surface area (Å²) in [5.41, 5.74) is 7.41. The highest BCUT2D eigenvalue weighted by Crippen LogP contribution is 2.32. The van der Waals surface area contributed by atoms with E-state index < -0.39 is 0 Å². The second-order valence-corrected chi connectivity index (χ2v) is 4.56. The lowest BCUT2D eigenvalue weighted by molar-refractivity contribution is 0.602. The largest absolute Gasteiger partial charge is 0.398 e. The van der Waals surface area contributed by atoms with Crippen LogP contribution in [0.15, 0.2) is 24.4 Å². The Hall–Kier alpha value is -1.84. The maximum atomic E-state index is 14.2. The monoisotopic (exact) mass is 247 g/mol. The number of anilines is 2. The molecule has 1 aromatic carbocycles. The first-order valence-corrected chi connectivity index (χ1v) is 6.11. The molecule has 4 heteroatoms. The third kappa shape index (κ3) is 1.98. The smallest absolute Gasteiger partial charge is 0.150 e. The lowest BCUT2D eigenvalue weighted by Crippen LogP contribution is -2.29. The van der Waals surface area contributed by atoms with Crippen LogP contribution in [0.3, 0.4) is 0 Å². The summed E-state index contributed by atoms with van der Waals surface area (Å²) in [6.07, 6.45) is 2.60. The highest BCUT2D eigenvalue weighted by molar-refractivity contribution is 5.98. The molecule has 18 heavy (non-hydrogen) atoms. The van der Waals surface area contributed by atoms with E-state index in [1.165, 1.54) is 6.07 Å². The summed E-state index contributed by atoms with van der Waals surface area (Å²) in [6, 6.07) is 5.29. The molecule has 0 aliphatic carbocycles. The Bertz CT molecular complexity index is 568. The predicted octanol–water partition coefficient (Wildman–Crippen LogP) is 3.19. The summed E-state index contributed by atoms with van der Waals surface area (Å²) in [5, 5.41) is 0.795. The van der Waals surface area contributed by atoms with Gasteiger partial charge < -0.3 is 10.6 Å². The SMILES string of the molecule is CCC(C)N(C)c1c(F)cc(N)c2cccnc12. The van der Waals surface area contributed by atoms with Gasteiger partial charge in [-0.15, -0.1) is 0 Å². The molecule has 2 N–H and O–H groups in total. The van der Waals surface area contributed by atoms with Gasteiger partial charge in [0.15, 0.2) is 5.82 Å². The Balaban J connectivity index is 2.70. The van der Waals surface area contributed by atoms with Crippen molar-refractivity contribution in [2.75, 3.05) is 17.7 Å². The van der Waals surface area contributed by atoms with Crippen LogP contribution >= 0.6 is 0 Å². The van der Waals surface area contributed by atoms with Gasteiger partial charge in [-0.05, 0) is 31.5 Å². The van der Waals surface area contributed by atoms with Crippen LogP contribution in [-0.4, -0.2) is 18.1 Å². The molecule has 1 unspecified atom stereocenters. The van der Waals surface area contributed by atoms with Gasteiger partial charge in [0.2, 0.25) is 0 Å². The topological polar surface area (TPSA) is 42.1 Å². The van der Waals surface area contributed by atoms with Crippen LogP contribution in [0.2, 0.25) is 0 Å². The number of benzene rings is 1. The molecule has 96 valence electrons. The fraction of sp³-hybridized carbons (Fsp3) is 0.357. The summed E-state index contributed by atoms with van der Waals surface area (Å²) in [7, 11) is 1.89. The van der Waals surface area contributed by atoms with Gasteiger partial charge >= 0.3 is 0 Å². The highest BCUT2D eigenvalue weighted by atomic mass is 19.1. The summed E-state index contributed by atoms with van der Waals surface area (Å²) >= 11 is 0. The molecule has 1 atom stereocenters. The molecule has 0 radical (unpaired) electrons. The van der Waals surface area contributed by atoms with E-state index in [-0.39, 0.29) is 11.9 Å². The van der Waals surface area contributed by atoms with Gasteiger partial charge in [0.1, 0.15) is 0 Å². The lowest BCUT2D eigenvalue weighted by Gasteiger charge is -2.27. The van der Waals surface area contributed by atoms with Crippen LogP contribution in [0.1, 0.15) is 20.3 Å². The zero-order chi connectivity index (χ0) is 13.3. The van der Waals surface area contributed by atoms with Gasteiger partial charge in [0.05, 0.1) is 11.2 Å². The lowest BCUT2D eigenvalue weighted by atomic mass is 10.1. The van der Waals surface area contributed by atoms with Crippen molar-refractivity contribution in [2.45, 2.75) is 26.3 Å². The number of hydrogen-bond acceptors (Lipinski definition) is 3. The Morgan fingerprint density at radius 2 is 2.22 bits per heavy atom. The molecule has 0 fully saturated rings. The molecular formula is C14H18FN3. The van der Waals surface area contributed by atoms with Crippen molar-refractivity contribution in [3.8, 4) is 0 Å². The number of hydrogen-bond donors (Lipinski definition) is 1. The normalized spacial score (nSPS) is 12.7. The second-order valence-electron chi connectivity index (χ2n) is 4.56. The van der Waals surface area contributed by atoms with E-state index in [2.05, 4.69) is 18.8 Å². The molecule has 1 heterocycles. The zero-order valence-electron chi connectivity index (χ0n) is 10.9. The van der Waals surface area contributed by atoms with Crippen LogP contribution in [-0.2, 0) is 0 Å². The van der Waals surface area contributed by atoms with E-state index >= 15 is 0 Å². The minimum atomic E-state index is -0.318. The van der Waals surface area contributed by atoms with Crippen molar-refractivity contribution in [3.63, 3.8) is 0 Å². The van der Waals surface area contributed by atoms with Gasteiger partial charge in [-0.1, -0.05) is 6.92 Å². The maximum Gasteiger partial charge on any atom is 0.150 e.